The zero-order valence-electron chi connectivity index (χ0n) is 8.31. The standard InChI is InChI=1S/C12H8N2O2/c15-12(11-2-1-5-16-11)9-7-14-10-3-4-13-6-8(9)10/h1-7,14H. The highest BCUT2D eigenvalue weighted by Gasteiger charge is 2.15. The van der Waals surface area contributed by atoms with Crippen molar-refractivity contribution >= 4 is 16.7 Å². The molecule has 0 aliphatic rings. The summed E-state index contributed by atoms with van der Waals surface area (Å²) in [4.78, 5) is 19.1. The lowest BCUT2D eigenvalue weighted by Gasteiger charge is -1.94. The van der Waals surface area contributed by atoms with Crippen molar-refractivity contribution in [3.63, 3.8) is 0 Å². The molecule has 0 unspecified atom stereocenters. The van der Waals surface area contributed by atoms with E-state index >= 15 is 0 Å². The summed E-state index contributed by atoms with van der Waals surface area (Å²) in [7, 11) is 0. The number of furan rings is 1. The van der Waals surface area contributed by atoms with E-state index in [1.165, 1.54) is 6.26 Å². The number of ketones is 1. The molecule has 16 heavy (non-hydrogen) atoms. The Morgan fingerprint density at radius 2 is 2.31 bits per heavy atom. The summed E-state index contributed by atoms with van der Waals surface area (Å²) in [5, 5.41) is 0.809. The maximum Gasteiger partial charge on any atom is 0.230 e. The fraction of sp³-hybridized carbons (Fsp3) is 0. The molecule has 3 rings (SSSR count). The summed E-state index contributed by atoms with van der Waals surface area (Å²) in [5.41, 5.74) is 1.47. The number of pyridine rings is 1. The lowest BCUT2D eigenvalue weighted by atomic mass is 10.1. The molecular formula is C12H8N2O2. The van der Waals surface area contributed by atoms with Gasteiger partial charge in [-0.3, -0.25) is 9.78 Å². The Hall–Kier alpha value is -2.36. The van der Waals surface area contributed by atoms with Crippen molar-refractivity contribution in [2.45, 2.75) is 0 Å². The summed E-state index contributed by atoms with van der Waals surface area (Å²) in [6.45, 7) is 0. The number of aromatic nitrogens is 2. The molecule has 4 nitrogen and oxygen atoms in total. The first-order chi connectivity index (χ1) is 7.86. The van der Waals surface area contributed by atoms with Crippen LogP contribution in [0.2, 0.25) is 0 Å². The van der Waals surface area contributed by atoms with Crippen LogP contribution in [0.3, 0.4) is 0 Å². The number of rotatable bonds is 2. The molecule has 0 bridgehead atoms. The lowest BCUT2D eigenvalue weighted by Crippen LogP contribution is -1.97. The van der Waals surface area contributed by atoms with E-state index in [2.05, 4.69) is 9.97 Å². The van der Waals surface area contributed by atoms with Crippen LogP contribution in [0.5, 0.6) is 0 Å². The predicted molar refractivity (Wildman–Crippen MR) is 58.2 cm³/mol. The summed E-state index contributed by atoms with van der Waals surface area (Å²) in [6, 6.07) is 5.17. The first-order valence-electron chi connectivity index (χ1n) is 4.85. The quantitative estimate of drug-likeness (QED) is 0.663. The second-order valence-electron chi connectivity index (χ2n) is 3.43. The van der Waals surface area contributed by atoms with Gasteiger partial charge in [0.25, 0.3) is 0 Å². The Bertz CT molecular complexity index is 638. The third-order valence-corrected chi connectivity index (χ3v) is 2.47. The molecule has 0 spiro atoms. The van der Waals surface area contributed by atoms with Gasteiger partial charge in [0.2, 0.25) is 5.78 Å². The summed E-state index contributed by atoms with van der Waals surface area (Å²) < 4.78 is 5.08. The van der Waals surface area contributed by atoms with Gasteiger partial charge in [0.15, 0.2) is 5.76 Å². The Balaban J connectivity index is 2.16. The van der Waals surface area contributed by atoms with E-state index in [1.807, 2.05) is 6.07 Å². The van der Waals surface area contributed by atoms with Gasteiger partial charge >= 0.3 is 0 Å². The summed E-state index contributed by atoms with van der Waals surface area (Å²) in [5.74, 6) is 0.203. The smallest absolute Gasteiger partial charge is 0.230 e. The second kappa shape index (κ2) is 3.34. The third kappa shape index (κ3) is 1.24. The molecule has 3 aromatic heterocycles. The number of fused-ring (bicyclic) bond motifs is 1. The van der Waals surface area contributed by atoms with Crippen molar-refractivity contribution < 1.29 is 9.21 Å². The predicted octanol–water partition coefficient (Wildman–Crippen LogP) is 2.39. The molecule has 3 heterocycles. The van der Waals surface area contributed by atoms with Crippen LogP contribution in [0.4, 0.5) is 0 Å². The van der Waals surface area contributed by atoms with Crippen LogP contribution in [0, 0.1) is 0 Å². The average molecular weight is 212 g/mol. The molecule has 0 saturated heterocycles. The third-order valence-electron chi connectivity index (χ3n) is 2.47. The van der Waals surface area contributed by atoms with E-state index in [4.69, 9.17) is 4.42 Å². The minimum atomic E-state index is -0.135. The van der Waals surface area contributed by atoms with Crippen molar-refractivity contribution in [3.8, 4) is 0 Å². The van der Waals surface area contributed by atoms with Crippen LogP contribution < -0.4 is 0 Å². The normalized spacial score (nSPS) is 10.8. The van der Waals surface area contributed by atoms with Gasteiger partial charge in [-0.1, -0.05) is 0 Å². The molecule has 4 heteroatoms. The maximum atomic E-state index is 12.0. The van der Waals surface area contributed by atoms with E-state index in [-0.39, 0.29) is 5.78 Å². The second-order valence-corrected chi connectivity index (χ2v) is 3.43. The maximum absolute atomic E-state index is 12.0. The zero-order valence-corrected chi connectivity index (χ0v) is 8.31. The van der Waals surface area contributed by atoms with E-state index in [9.17, 15) is 4.79 Å². The highest BCUT2D eigenvalue weighted by molar-refractivity contribution is 6.14. The van der Waals surface area contributed by atoms with Gasteiger partial charge in [-0.25, -0.2) is 0 Å². The van der Waals surface area contributed by atoms with Gasteiger partial charge in [-0.2, -0.15) is 0 Å². The van der Waals surface area contributed by atoms with Crippen LogP contribution in [0.25, 0.3) is 10.9 Å². The number of hydrogen-bond donors (Lipinski definition) is 1. The summed E-state index contributed by atoms with van der Waals surface area (Å²) >= 11 is 0. The van der Waals surface area contributed by atoms with Gasteiger partial charge in [-0.05, 0) is 18.2 Å². The fourth-order valence-corrected chi connectivity index (χ4v) is 1.69. The molecule has 3 aromatic rings. The Morgan fingerprint density at radius 3 is 3.12 bits per heavy atom. The first kappa shape index (κ1) is 8.91. The van der Waals surface area contributed by atoms with Gasteiger partial charge < -0.3 is 9.40 Å². The van der Waals surface area contributed by atoms with Crippen molar-refractivity contribution in [1.82, 2.24) is 9.97 Å². The number of aromatic amines is 1. The van der Waals surface area contributed by atoms with Crippen LogP contribution >= 0.6 is 0 Å². The Morgan fingerprint density at radius 1 is 1.38 bits per heavy atom. The topological polar surface area (TPSA) is 58.9 Å². The molecule has 78 valence electrons. The Kier molecular flexibility index (Phi) is 1.86. The van der Waals surface area contributed by atoms with E-state index in [1.54, 1.807) is 30.7 Å². The number of carbonyl (C=O) groups excluding carboxylic acids is 1. The zero-order chi connectivity index (χ0) is 11.0. The Labute approximate surface area is 90.9 Å². The minimum absolute atomic E-state index is 0.135. The largest absolute Gasteiger partial charge is 0.461 e. The van der Waals surface area contributed by atoms with Gasteiger partial charge in [0, 0.05) is 29.5 Å². The summed E-state index contributed by atoms with van der Waals surface area (Å²) in [6.07, 6.45) is 6.51. The highest BCUT2D eigenvalue weighted by Crippen LogP contribution is 2.19. The highest BCUT2D eigenvalue weighted by atomic mass is 16.3. The van der Waals surface area contributed by atoms with Crippen LogP contribution in [-0.2, 0) is 0 Å². The van der Waals surface area contributed by atoms with E-state index in [0.717, 1.165) is 10.9 Å². The molecule has 0 saturated carbocycles. The molecule has 0 radical (unpaired) electrons. The number of carbonyl (C=O) groups is 1. The van der Waals surface area contributed by atoms with Crippen molar-refractivity contribution in [1.29, 1.82) is 0 Å². The molecule has 0 atom stereocenters. The first-order valence-corrected chi connectivity index (χ1v) is 4.85. The van der Waals surface area contributed by atoms with Gasteiger partial charge in [0.1, 0.15) is 0 Å². The lowest BCUT2D eigenvalue weighted by molar-refractivity contribution is 0.101. The molecule has 1 N–H and O–H groups in total. The van der Waals surface area contributed by atoms with Gasteiger partial charge in [-0.15, -0.1) is 0 Å². The van der Waals surface area contributed by atoms with E-state index < -0.39 is 0 Å². The number of hydrogen-bond acceptors (Lipinski definition) is 3. The molecule has 0 aromatic carbocycles. The van der Waals surface area contributed by atoms with Crippen LogP contribution in [-0.4, -0.2) is 15.8 Å². The molecule has 0 fully saturated rings. The van der Waals surface area contributed by atoms with Gasteiger partial charge in [0.05, 0.1) is 11.8 Å². The number of nitrogens with one attached hydrogen (secondary N) is 1. The van der Waals surface area contributed by atoms with Crippen LogP contribution in [0.1, 0.15) is 16.1 Å². The molecule has 0 aliphatic carbocycles. The van der Waals surface area contributed by atoms with E-state index in [0.29, 0.717) is 11.3 Å². The monoisotopic (exact) mass is 212 g/mol. The van der Waals surface area contributed by atoms with Crippen molar-refractivity contribution in [3.05, 3.63) is 54.4 Å². The van der Waals surface area contributed by atoms with Crippen molar-refractivity contribution in [2.24, 2.45) is 0 Å². The van der Waals surface area contributed by atoms with Crippen molar-refractivity contribution in [2.75, 3.05) is 0 Å². The minimum Gasteiger partial charge on any atom is -0.461 e. The molecule has 0 aliphatic heterocycles. The number of H-pyrrole nitrogens is 1. The molecule has 0 amide bonds. The van der Waals surface area contributed by atoms with Crippen LogP contribution in [0.15, 0.2) is 47.5 Å². The average Bonchev–Trinajstić information content (AvgIpc) is 2.98. The number of nitrogens with zero attached hydrogens (tertiary/aromatic N) is 1. The molecular weight excluding hydrogens is 204 g/mol. The fourth-order valence-electron chi connectivity index (χ4n) is 1.69. The SMILES string of the molecule is O=C(c1ccco1)c1c[nH]c2ccncc12.